The zero-order chi connectivity index (χ0) is 13.5. The summed E-state index contributed by atoms with van der Waals surface area (Å²) in [5.74, 6) is 1.43. The molecule has 0 aliphatic carbocycles. The zero-order valence-electron chi connectivity index (χ0n) is 11.3. The van der Waals surface area contributed by atoms with Crippen molar-refractivity contribution >= 4 is 18.3 Å². The molecule has 2 fully saturated rings. The molecule has 4 rings (SSSR count). The Morgan fingerprint density at radius 3 is 3.14 bits per heavy atom. The van der Waals surface area contributed by atoms with E-state index < -0.39 is 0 Å². The van der Waals surface area contributed by atoms with E-state index in [1.165, 1.54) is 0 Å². The minimum absolute atomic E-state index is 0. The van der Waals surface area contributed by atoms with Gasteiger partial charge in [-0.15, -0.1) is 12.4 Å². The van der Waals surface area contributed by atoms with Gasteiger partial charge in [0, 0.05) is 24.6 Å². The van der Waals surface area contributed by atoms with Gasteiger partial charge in [-0.05, 0) is 25.1 Å². The van der Waals surface area contributed by atoms with Crippen LogP contribution in [0.25, 0.3) is 11.5 Å². The maximum atomic E-state index is 12.0. The number of hydrogen-bond donors (Lipinski definition) is 1. The molecule has 6 nitrogen and oxygen atoms in total. The Morgan fingerprint density at radius 2 is 2.33 bits per heavy atom. The van der Waals surface area contributed by atoms with Gasteiger partial charge in [0.25, 0.3) is 0 Å². The first-order chi connectivity index (χ1) is 9.81. The van der Waals surface area contributed by atoms with Crippen LogP contribution in [0.3, 0.4) is 0 Å². The molecule has 0 aromatic carbocycles. The molecular formula is C14H16ClN3O3. The van der Waals surface area contributed by atoms with Gasteiger partial charge in [-0.1, -0.05) is 5.16 Å². The second-order valence-electron chi connectivity index (χ2n) is 5.30. The number of amides is 1. The second kappa shape index (κ2) is 5.54. The molecule has 7 heteroatoms. The van der Waals surface area contributed by atoms with Gasteiger partial charge in [-0.3, -0.25) is 4.79 Å². The Hall–Kier alpha value is -1.79. The van der Waals surface area contributed by atoms with Crippen LogP contribution < -0.4 is 5.32 Å². The summed E-state index contributed by atoms with van der Waals surface area (Å²) in [4.78, 5) is 13.9. The molecule has 2 aliphatic heterocycles. The maximum Gasteiger partial charge on any atom is 0.224 e. The van der Waals surface area contributed by atoms with Crippen LogP contribution in [0.2, 0.25) is 0 Å². The summed E-state index contributed by atoms with van der Waals surface area (Å²) in [6, 6.07) is 6.06. The highest BCUT2D eigenvalue weighted by Gasteiger charge is 2.42. The summed E-state index contributed by atoms with van der Waals surface area (Å²) < 4.78 is 10.5. The number of nitrogens with one attached hydrogen (secondary N) is 1. The zero-order valence-corrected chi connectivity index (χ0v) is 12.1. The van der Waals surface area contributed by atoms with Crippen molar-refractivity contribution in [3.63, 3.8) is 0 Å². The molecule has 1 N–H and O–H groups in total. The molecule has 112 valence electrons. The van der Waals surface area contributed by atoms with Gasteiger partial charge in [-0.2, -0.15) is 0 Å². The molecule has 0 spiro atoms. The first-order valence-electron chi connectivity index (χ1n) is 6.83. The van der Waals surface area contributed by atoms with Gasteiger partial charge in [0.15, 0.2) is 5.76 Å². The number of carbonyl (C=O) groups is 1. The lowest BCUT2D eigenvalue weighted by atomic mass is 10.1. The van der Waals surface area contributed by atoms with E-state index in [9.17, 15) is 4.79 Å². The molecule has 1 amide bonds. The normalized spacial score (nSPS) is 24.2. The van der Waals surface area contributed by atoms with Crippen LogP contribution in [0.4, 0.5) is 0 Å². The summed E-state index contributed by atoms with van der Waals surface area (Å²) >= 11 is 0. The van der Waals surface area contributed by atoms with Crippen molar-refractivity contribution in [2.24, 2.45) is 0 Å². The Labute approximate surface area is 127 Å². The van der Waals surface area contributed by atoms with Crippen LogP contribution in [-0.2, 0) is 11.3 Å². The molecule has 21 heavy (non-hydrogen) atoms. The lowest BCUT2D eigenvalue weighted by Gasteiger charge is -2.21. The monoisotopic (exact) mass is 309 g/mol. The van der Waals surface area contributed by atoms with E-state index in [0.717, 1.165) is 18.7 Å². The van der Waals surface area contributed by atoms with Gasteiger partial charge in [0.1, 0.15) is 5.69 Å². The fourth-order valence-electron chi connectivity index (χ4n) is 3.13. The third-order valence-electron chi connectivity index (χ3n) is 4.08. The van der Waals surface area contributed by atoms with E-state index in [2.05, 4.69) is 10.5 Å². The third-order valence-corrected chi connectivity index (χ3v) is 4.08. The molecule has 2 saturated heterocycles. The van der Waals surface area contributed by atoms with E-state index in [0.29, 0.717) is 36.6 Å². The van der Waals surface area contributed by atoms with Crippen molar-refractivity contribution in [1.82, 2.24) is 15.4 Å². The minimum atomic E-state index is 0. The Kier molecular flexibility index (Phi) is 3.73. The van der Waals surface area contributed by atoms with Crippen LogP contribution in [-0.4, -0.2) is 34.6 Å². The Bertz CT molecular complexity index is 625. The van der Waals surface area contributed by atoms with Crippen molar-refractivity contribution in [3.8, 4) is 11.5 Å². The van der Waals surface area contributed by atoms with Gasteiger partial charge < -0.3 is 19.2 Å². The van der Waals surface area contributed by atoms with Crippen LogP contribution >= 0.6 is 12.4 Å². The second-order valence-corrected chi connectivity index (χ2v) is 5.30. The molecule has 0 bridgehead atoms. The van der Waals surface area contributed by atoms with Crippen molar-refractivity contribution in [2.75, 3.05) is 6.54 Å². The predicted molar refractivity (Wildman–Crippen MR) is 76.8 cm³/mol. The summed E-state index contributed by atoms with van der Waals surface area (Å²) in [5, 5.41) is 7.41. The number of furan rings is 1. The van der Waals surface area contributed by atoms with E-state index in [1.54, 1.807) is 12.3 Å². The number of carbonyl (C=O) groups excluding carboxylic acids is 1. The first kappa shape index (κ1) is 14.2. The topological polar surface area (TPSA) is 71.5 Å². The van der Waals surface area contributed by atoms with E-state index in [1.807, 2.05) is 17.0 Å². The number of halogens is 1. The molecular weight excluding hydrogens is 294 g/mol. The number of hydrogen-bond acceptors (Lipinski definition) is 5. The number of nitrogens with zero attached hydrogens (tertiary/aromatic N) is 2. The summed E-state index contributed by atoms with van der Waals surface area (Å²) in [7, 11) is 0. The van der Waals surface area contributed by atoms with Crippen molar-refractivity contribution in [2.45, 2.75) is 31.5 Å². The molecule has 2 aromatic heterocycles. The molecule has 2 aliphatic rings. The lowest BCUT2D eigenvalue weighted by Crippen LogP contribution is -2.35. The molecule has 2 atom stereocenters. The van der Waals surface area contributed by atoms with Crippen molar-refractivity contribution in [3.05, 3.63) is 30.2 Å². The van der Waals surface area contributed by atoms with Crippen LogP contribution in [0.1, 0.15) is 18.5 Å². The molecule has 0 radical (unpaired) electrons. The summed E-state index contributed by atoms with van der Waals surface area (Å²) in [5.41, 5.74) is 0.761. The number of likely N-dealkylation sites (tertiary alicyclic amines) is 1. The van der Waals surface area contributed by atoms with Crippen LogP contribution in [0.5, 0.6) is 0 Å². The lowest BCUT2D eigenvalue weighted by molar-refractivity contribution is -0.129. The Balaban J connectivity index is 0.00000132. The highest BCUT2D eigenvalue weighted by Crippen LogP contribution is 2.28. The quantitative estimate of drug-likeness (QED) is 0.936. The van der Waals surface area contributed by atoms with Gasteiger partial charge >= 0.3 is 0 Å². The Morgan fingerprint density at radius 1 is 1.43 bits per heavy atom. The number of rotatable bonds is 3. The van der Waals surface area contributed by atoms with Crippen LogP contribution in [0.15, 0.2) is 33.4 Å². The smallest absolute Gasteiger partial charge is 0.224 e. The molecule has 0 saturated carbocycles. The average molecular weight is 310 g/mol. The van der Waals surface area contributed by atoms with Gasteiger partial charge in [0.05, 0.1) is 12.8 Å². The van der Waals surface area contributed by atoms with E-state index >= 15 is 0 Å². The molecule has 2 aromatic rings. The average Bonchev–Trinajstić information content (AvgIpc) is 3.17. The highest BCUT2D eigenvalue weighted by atomic mass is 35.5. The fourth-order valence-corrected chi connectivity index (χ4v) is 3.13. The third kappa shape index (κ3) is 2.45. The van der Waals surface area contributed by atoms with Gasteiger partial charge in [-0.25, -0.2) is 0 Å². The molecule has 0 unspecified atom stereocenters. The standard InChI is InChI=1S/C14H15N3O3.ClH/c18-14-7-10-11(3-4-15-10)17(14)8-9-6-13(20-16-9)12-2-1-5-19-12;/h1-2,5-6,10-11,15H,3-4,7-8H2;1H/t10-,11-;/m1./s1. The number of aromatic nitrogens is 1. The number of fused-ring (bicyclic) bond motifs is 1. The van der Waals surface area contributed by atoms with E-state index in [-0.39, 0.29) is 18.3 Å². The van der Waals surface area contributed by atoms with E-state index in [4.69, 9.17) is 8.94 Å². The van der Waals surface area contributed by atoms with Crippen LogP contribution in [0, 0.1) is 0 Å². The van der Waals surface area contributed by atoms with Crippen molar-refractivity contribution in [1.29, 1.82) is 0 Å². The highest BCUT2D eigenvalue weighted by molar-refractivity contribution is 5.85. The summed E-state index contributed by atoms with van der Waals surface area (Å²) in [6.07, 6.45) is 3.20. The minimum Gasteiger partial charge on any atom is -0.461 e. The molecule has 4 heterocycles. The van der Waals surface area contributed by atoms with Gasteiger partial charge in [0.2, 0.25) is 11.7 Å². The predicted octanol–water partition coefficient (Wildman–Crippen LogP) is 1.82. The van der Waals surface area contributed by atoms with Crippen molar-refractivity contribution < 1.29 is 13.7 Å². The SMILES string of the molecule is Cl.O=C1C[C@H]2NCC[C@H]2N1Cc1cc(-c2ccco2)on1. The largest absolute Gasteiger partial charge is 0.461 e. The fraction of sp³-hybridized carbons (Fsp3) is 0.429. The first-order valence-corrected chi connectivity index (χ1v) is 6.83. The maximum absolute atomic E-state index is 12.0. The summed E-state index contributed by atoms with van der Waals surface area (Å²) in [6.45, 7) is 1.49.